The monoisotopic (exact) mass is 454 g/mol. The van der Waals surface area contributed by atoms with Crippen LogP contribution in [0.5, 0.6) is 5.88 Å². The minimum absolute atomic E-state index is 0.0852. The summed E-state index contributed by atoms with van der Waals surface area (Å²) >= 11 is 0. The highest BCUT2D eigenvalue weighted by Crippen LogP contribution is 2.29. The zero-order valence-electron chi connectivity index (χ0n) is 16.0. The molecule has 0 bridgehead atoms. The number of halogens is 3. The van der Waals surface area contributed by atoms with Crippen LogP contribution in [-0.4, -0.2) is 47.0 Å². The molecule has 0 spiro atoms. The molecule has 4 rings (SSSR count). The van der Waals surface area contributed by atoms with Gasteiger partial charge < -0.3 is 9.26 Å². The van der Waals surface area contributed by atoms with Gasteiger partial charge in [-0.1, -0.05) is 35.5 Å². The van der Waals surface area contributed by atoms with Gasteiger partial charge in [0.05, 0.1) is 12.3 Å². The molecule has 0 N–H and O–H groups in total. The predicted octanol–water partition coefficient (Wildman–Crippen LogP) is 3.13. The highest BCUT2D eigenvalue weighted by molar-refractivity contribution is 7.88. The summed E-state index contributed by atoms with van der Waals surface area (Å²) in [5.41, 5.74) is 0.935. The second-order valence-electron chi connectivity index (χ2n) is 6.93. The second kappa shape index (κ2) is 8.27. The van der Waals surface area contributed by atoms with Gasteiger partial charge in [0.1, 0.15) is 6.10 Å². The van der Waals surface area contributed by atoms with Crippen LogP contribution in [0.2, 0.25) is 0 Å². The van der Waals surface area contributed by atoms with E-state index in [1.165, 1.54) is 22.6 Å². The lowest BCUT2D eigenvalue weighted by Gasteiger charge is -2.17. The number of aromatic nitrogens is 3. The standard InChI is InChI=1S/C19H17F3N4O4S/c20-19(21,22)18-24-17(25-30-18)14-6-7-16(23-10-14)29-15-8-9-26(11-15)31(27,28)12-13-4-2-1-3-5-13/h1-7,10,15H,8-9,11-12H2. The fraction of sp³-hybridized carbons (Fsp3) is 0.316. The van der Waals surface area contributed by atoms with Gasteiger partial charge in [-0.3, -0.25) is 0 Å². The molecule has 8 nitrogen and oxygen atoms in total. The Hall–Kier alpha value is -2.99. The van der Waals surface area contributed by atoms with Gasteiger partial charge in [0, 0.05) is 24.4 Å². The minimum Gasteiger partial charge on any atom is -0.473 e. The maximum absolute atomic E-state index is 12.6. The Morgan fingerprint density at radius 2 is 1.94 bits per heavy atom. The van der Waals surface area contributed by atoms with Gasteiger partial charge in [0.2, 0.25) is 21.7 Å². The lowest BCUT2D eigenvalue weighted by atomic mass is 10.2. The van der Waals surface area contributed by atoms with Crippen molar-refractivity contribution in [3.8, 4) is 17.3 Å². The third kappa shape index (κ3) is 5.02. The Bertz CT molecular complexity index is 1130. The first-order valence-electron chi connectivity index (χ1n) is 9.26. The molecule has 1 fully saturated rings. The van der Waals surface area contributed by atoms with Gasteiger partial charge >= 0.3 is 12.1 Å². The Kier molecular flexibility index (Phi) is 5.67. The molecule has 1 aromatic carbocycles. The number of rotatable bonds is 6. The lowest BCUT2D eigenvalue weighted by molar-refractivity contribution is -0.159. The molecule has 31 heavy (non-hydrogen) atoms. The Labute approximate surface area is 175 Å². The normalized spacial score (nSPS) is 17.7. The van der Waals surface area contributed by atoms with Crippen LogP contribution >= 0.6 is 0 Å². The van der Waals surface area contributed by atoms with E-state index in [-0.39, 0.29) is 35.7 Å². The van der Waals surface area contributed by atoms with Crippen LogP contribution in [0.1, 0.15) is 17.9 Å². The molecule has 2 aromatic heterocycles. The number of nitrogens with zero attached hydrogens (tertiary/aromatic N) is 4. The Morgan fingerprint density at radius 1 is 1.16 bits per heavy atom. The van der Waals surface area contributed by atoms with Crippen molar-refractivity contribution in [1.29, 1.82) is 0 Å². The van der Waals surface area contributed by atoms with Crippen LogP contribution in [0.15, 0.2) is 53.2 Å². The number of ether oxygens (including phenoxy) is 1. The van der Waals surface area contributed by atoms with Gasteiger partial charge in [-0.2, -0.15) is 22.5 Å². The Balaban J connectivity index is 1.36. The van der Waals surface area contributed by atoms with Gasteiger partial charge in [-0.15, -0.1) is 0 Å². The molecule has 0 amide bonds. The van der Waals surface area contributed by atoms with Crippen molar-refractivity contribution in [3.63, 3.8) is 0 Å². The SMILES string of the molecule is O=S(=O)(Cc1ccccc1)N1CCC(Oc2ccc(-c3noc(C(F)(F)F)n3)cn2)C1. The van der Waals surface area contributed by atoms with Crippen molar-refractivity contribution < 1.29 is 30.8 Å². The topological polar surface area (TPSA) is 98.4 Å². The number of pyridine rings is 1. The molecule has 1 atom stereocenters. The fourth-order valence-corrected chi connectivity index (χ4v) is 4.70. The van der Waals surface area contributed by atoms with Crippen molar-refractivity contribution >= 4 is 10.0 Å². The lowest BCUT2D eigenvalue weighted by Crippen LogP contribution is -2.32. The highest BCUT2D eigenvalue weighted by atomic mass is 32.2. The first-order chi connectivity index (χ1) is 14.7. The number of alkyl halides is 3. The predicted molar refractivity (Wildman–Crippen MR) is 102 cm³/mol. The molecule has 3 heterocycles. The number of hydrogen-bond acceptors (Lipinski definition) is 7. The summed E-state index contributed by atoms with van der Waals surface area (Å²) in [6, 6.07) is 11.8. The van der Waals surface area contributed by atoms with Crippen LogP contribution in [0.25, 0.3) is 11.4 Å². The largest absolute Gasteiger partial charge is 0.473 e. The molecule has 0 radical (unpaired) electrons. The molecular formula is C19H17F3N4O4S. The molecular weight excluding hydrogens is 437 g/mol. The van der Waals surface area contributed by atoms with Crippen molar-refractivity contribution in [3.05, 3.63) is 60.1 Å². The third-order valence-electron chi connectivity index (χ3n) is 4.64. The zero-order valence-corrected chi connectivity index (χ0v) is 16.8. The van der Waals surface area contributed by atoms with E-state index in [0.29, 0.717) is 18.5 Å². The summed E-state index contributed by atoms with van der Waals surface area (Å²) in [4.78, 5) is 7.35. The van der Waals surface area contributed by atoms with E-state index in [2.05, 4.69) is 19.6 Å². The van der Waals surface area contributed by atoms with Crippen LogP contribution in [0.4, 0.5) is 13.2 Å². The Morgan fingerprint density at radius 3 is 2.58 bits per heavy atom. The van der Waals surface area contributed by atoms with Crippen molar-refractivity contribution in [2.24, 2.45) is 0 Å². The molecule has 0 saturated carbocycles. The summed E-state index contributed by atoms with van der Waals surface area (Å²) < 4.78 is 74.3. The van der Waals surface area contributed by atoms with E-state index in [4.69, 9.17) is 4.74 Å². The van der Waals surface area contributed by atoms with Crippen LogP contribution in [0, 0.1) is 0 Å². The average molecular weight is 454 g/mol. The van der Waals surface area contributed by atoms with E-state index in [0.717, 1.165) is 0 Å². The zero-order chi connectivity index (χ0) is 22.1. The van der Waals surface area contributed by atoms with Gasteiger partial charge in [0.25, 0.3) is 0 Å². The van der Waals surface area contributed by atoms with Crippen molar-refractivity contribution in [2.45, 2.75) is 24.5 Å². The fourth-order valence-electron chi connectivity index (χ4n) is 3.13. The van der Waals surface area contributed by atoms with Gasteiger partial charge in [0.15, 0.2) is 0 Å². The first kappa shape index (κ1) is 21.2. The first-order valence-corrected chi connectivity index (χ1v) is 10.9. The number of sulfonamides is 1. The van der Waals surface area contributed by atoms with E-state index < -0.39 is 22.1 Å². The van der Waals surface area contributed by atoms with E-state index in [9.17, 15) is 21.6 Å². The maximum Gasteiger partial charge on any atom is 0.471 e. The average Bonchev–Trinajstić information content (AvgIpc) is 3.39. The molecule has 1 unspecified atom stereocenters. The van der Waals surface area contributed by atoms with Crippen molar-refractivity contribution in [2.75, 3.05) is 13.1 Å². The summed E-state index contributed by atoms with van der Waals surface area (Å²) in [7, 11) is -3.48. The van der Waals surface area contributed by atoms with E-state index in [1.54, 1.807) is 24.3 Å². The summed E-state index contributed by atoms with van der Waals surface area (Å²) in [6.07, 6.45) is -3.35. The van der Waals surface area contributed by atoms with Crippen molar-refractivity contribution in [1.82, 2.24) is 19.4 Å². The second-order valence-corrected chi connectivity index (χ2v) is 8.90. The van der Waals surface area contributed by atoms with E-state index in [1.807, 2.05) is 6.07 Å². The van der Waals surface area contributed by atoms with Crippen LogP contribution in [0.3, 0.4) is 0 Å². The van der Waals surface area contributed by atoms with Crippen LogP contribution < -0.4 is 4.74 Å². The van der Waals surface area contributed by atoms with Gasteiger partial charge in [-0.05, 0) is 18.1 Å². The smallest absolute Gasteiger partial charge is 0.471 e. The minimum atomic E-state index is -4.73. The van der Waals surface area contributed by atoms with Gasteiger partial charge in [-0.25, -0.2) is 13.4 Å². The van der Waals surface area contributed by atoms with Crippen LogP contribution in [-0.2, 0) is 22.0 Å². The molecule has 12 heteroatoms. The third-order valence-corrected chi connectivity index (χ3v) is 6.46. The number of benzene rings is 1. The summed E-state index contributed by atoms with van der Waals surface area (Å²) in [5, 5.41) is 3.30. The molecule has 1 aliphatic heterocycles. The maximum atomic E-state index is 12.6. The summed E-state index contributed by atoms with van der Waals surface area (Å²) in [6.45, 7) is 0.527. The van der Waals surface area contributed by atoms with E-state index >= 15 is 0 Å². The molecule has 1 aliphatic rings. The quantitative estimate of drug-likeness (QED) is 0.564. The number of hydrogen-bond donors (Lipinski definition) is 0. The molecule has 1 saturated heterocycles. The summed E-state index contributed by atoms with van der Waals surface area (Å²) in [5.74, 6) is -1.55. The molecule has 164 valence electrons. The molecule has 3 aromatic rings. The highest BCUT2D eigenvalue weighted by Gasteiger charge is 2.38. The molecule has 0 aliphatic carbocycles.